The molecule has 0 radical (unpaired) electrons. The van der Waals surface area contributed by atoms with E-state index in [2.05, 4.69) is 0 Å². The highest BCUT2D eigenvalue weighted by molar-refractivity contribution is 6.33. The highest BCUT2D eigenvalue weighted by Crippen LogP contribution is 2.37. The van der Waals surface area contributed by atoms with Gasteiger partial charge >= 0.3 is 5.97 Å². The SMILES string of the molecule is Cc1cc(OC(=O)c2ccccc2Cl)cc2c1C(=O)/C(=C/c1ccccc1)O2. The highest BCUT2D eigenvalue weighted by Gasteiger charge is 2.30. The maximum absolute atomic E-state index is 12.7. The fraction of sp³-hybridized carbons (Fsp3) is 0.0435. The zero-order valence-corrected chi connectivity index (χ0v) is 15.7. The summed E-state index contributed by atoms with van der Waals surface area (Å²) in [4.78, 5) is 25.1. The van der Waals surface area contributed by atoms with E-state index in [9.17, 15) is 9.59 Å². The molecular weight excluding hydrogens is 376 g/mol. The summed E-state index contributed by atoms with van der Waals surface area (Å²) >= 11 is 6.05. The molecular formula is C23H15ClO4. The van der Waals surface area contributed by atoms with Crippen molar-refractivity contribution in [2.24, 2.45) is 0 Å². The third kappa shape index (κ3) is 3.42. The number of esters is 1. The van der Waals surface area contributed by atoms with Crippen molar-refractivity contribution in [2.75, 3.05) is 0 Å². The van der Waals surface area contributed by atoms with E-state index >= 15 is 0 Å². The molecule has 5 heteroatoms. The number of benzene rings is 3. The summed E-state index contributed by atoms with van der Waals surface area (Å²) in [5, 5.41) is 0.310. The summed E-state index contributed by atoms with van der Waals surface area (Å²) < 4.78 is 11.2. The van der Waals surface area contributed by atoms with Crippen LogP contribution in [0.15, 0.2) is 72.5 Å². The molecule has 3 aromatic rings. The number of ether oxygens (including phenoxy) is 2. The van der Waals surface area contributed by atoms with Gasteiger partial charge < -0.3 is 9.47 Å². The Balaban J connectivity index is 1.63. The molecule has 3 aromatic carbocycles. The molecule has 0 unspecified atom stereocenters. The lowest BCUT2D eigenvalue weighted by molar-refractivity contribution is 0.0734. The molecule has 4 rings (SSSR count). The number of ketones is 1. The summed E-state index contributed by atoms with van der Waals surface area (Å²) in [5.41, 5.74) is 2.27. The molecule has 0 saturated carbocycles. The summed E-state index contributed by atoms with van der Waals surface area (Å²) in [6.07, 6.45) is 1.69. The van der Waals surface area contributed by atoms with Crippen LogP contribution in [-0.2, 0) is 0 Å². The van der Waals surface area contributed by atoms with Gasteiger partial charge in [0, 0.05) is 6.07 Å². The van der Waals surface area contributed by atoms with Crippen LogP contribution in [-0.4, -0.2) is 11.8 Å². The van der Waals surface area contributed by atoms with E-state index < -0.39 is 5.97 Å². The van der Waals surface area contributed by atoms with Gasteiger partial charge in [0.05, 0.1) is 16.1 Å². The van der Waals surface area contributed by atoms with Crippen molar-refractivity contribution in [3.05, 3.63) is 99.8 Å². The number of carbonyl (C=O) groups is 2. The molecule has 0 bridgehead atoms. The number of aryl methyl sites for hydroxylation is 1. The quantitative estimate of drug-likeness (QED) is 0.337. The van der Waals surface area contributed by atoms with Crippen LogP contribution in [0.1, 0.15) is 31.8 Å². The number of carbonyl (C=O) groups excluding carboxylic acids is 2. The Bertz CT molecular complexity index is 1120. The molecule has 28 heavy (non-hydrogen) atoms. The van der Waals surface area contributed by atoms with Crippen LogP contribution in [0.4, 0.5) is 0 Å². The second-order valence-electron chi connectivity index (χ2n) is 6.33. The van der Waals surface area contributed by atoms with Crippen molar-refractivity contribution in [3.8, 4) is 11.5 Å². The Labute approximate surface area is 167 Å². The van der Waals surface area contributed by atoms with E-state index in [4.69, 9.17) is 21.1 Å². The average molecular weight is 391 g/mol. The summed E-state index contributed by atoms with van der Waals surface area (Å²) in [6.45, 7) is 1.78. The highest BCUT2D eigenvalue weighted by atomic mass is 35.5. The van der Waals surface area contributed by atoms with Crippen LogP contribution in [0, 0.1) is 6.92 Å². The first-order valence-electron chi connectivity index (χ1n) is 8.63. The molecule has 0 aromatic heterocycles. The molecule has 0 amide bonds. The lowest BCUT2D eigenvalue weighted by Gasteiger charge is -2.08. The second kappa shape index (κ2) is 7.33. The Kier molecular flexibility index (Phi) is 4.72. The van der Waals surface area contributed by atoms with E-state index in [1.807, 2.05) is 30.3 Å². The Hall–Kier alpha value is -3.37. The predicted molar refractivity (Wildman–Crippen MR) is 107 cm³/mol. The van der Waals surface area contributed by atoms with E-state index in [-0.39, 0.29) is 22.9 Å². The predicted octanol–water partition coefficient (Wildman–Crippen LogP) is 5.48. The Morgan fingerprint density at radius 3 is 2.50 bits per heavy atom. The van der Waals surface area contributed by atoms with E-state index in [0.717, 1.165) is 5.56 Å². The monoisotopic (exact) mass is 390 g/mol. The number of Topliss-reactive ketones (excluding diaryl/α,β-unsaturated/α-hetero) is 1. The lowest BCUT2D eigenvalue weighted by Crippen LogP contribution is -2.09. The van der Waals surface area contributed by atoms with Crippen LogP contribution >= 0.6 is 11.6 Å². The molecule has 0 aliphatic carbocycles. The first-order chi connectivity index (χ1) is 13.5. The maximum atomic E-state index is 12.7. The minimum absolute atomic E-state index is 0.194. The third-order valence-electron chi connectivity index (χ3n) is 4.35. The Morgan fingerprint density at radius 1 is 1.04 bits per heavy atom. The zero-order valence-electron chi connectivity index (χ0n) is 14.9. The van der Waals surface area contributed by atoms with Crippen molar-refractivity contribution in [1.29, 1.82) is 0 Å². The van der Waals surface area contributed by atoms with Crippen LogP contribution in [0.5, 0.6) is 11.5 Å². The molecule has 0 N–H and O–H groups in total. The van der Waals surface area contributed by atoms with Crippen molar-refractivity contribution in [1.82, 2.24) is 0 Å². The van der Waals surface area contributed by atoms with Gasteiger partial charge in [-0.3, -0.25) is 4.79 Å². The van der Waals surface area contributed by atoms with Crippen LogP contribution in [0.2, 0.25) is 5.02 Å². The number of rotatable bonds is 3. The Morgan fingerprint density at radius 2 is 1.75 bits per heavy atom. The van der Waals surface area contributed by atoms with Crippen molar-refractivity contribution < 1.29 is 19.1 Å². The largest absolute Gasteiger partial charge is 0.452 e. The first kappa shape index (κ1) is 18.0. The van der Waals surface area contributed by atoms with Gasteiger partial charge in [0.15, 0.2) is 5.76 Å². The van der Waals surface area contributed by atoms with Gasteiger partial charge in [-0.25, -0.2) is 4.79 Å². The lowest BCUT2D eigenvalue weighted by atomic mass is 10.0. The number of fused-ring (bicyclic) bond motifs is 1. The first-order valence-corrected chi connectivity index (χ1v) is 9.01. The molecule has 0 saturated heterocycles. The van der Waals surface area contributed by atoms with Crippen LogP contribution < -0.4 is 9.47 Å². The van der Waals surface area contributed by atoms with Crippen LogP contribution in [0.25, 0.3) is 6.08 Å². The zero-order chi connectivity index (χ0) is 19.7. The molecule has 1 aliphatic heterocycles. The number of hydrogen-bond donors (Lipinski definition) is 0. The topological polar surface area (TPSA) is 52.6 Å². The van der Waals surface area contributed by atoms with Gasteiger partial charge in [0.2, 0.25) is 5.78 Å². The fourth-order valence-corrected chi connectivity index (χ4v) is 3.24. The summed E-state index contributed by atoms with van der Waals surface area (Å²) in [6, 6.07) is 19.3. The van der Waals surface area contributed by atoms with Crippen molar-refractivity contribution >= 4 is 29.4 Å². The molecule has 0 fully saturated rings. The van der Waals surface area contributed by atoms with Gasteiger partial charge in [0.1, 0.15) is 11.5 Å². The summed E-state index contributed by atoms with van der Waals surface area (Å²) in [5.74, 6) is 0.123. The van der Waals surface area contributed by atoms with Gasteiger partial charge in [-0.15, -0.1) is 0 Å². The summed E-state index contributed by atoms with van der Waals surface area (Å²) in [7, 11) is 0. The normalized spacial score (nSPS) is 13.9. The number of halogens is 1. The molecule has 0 spiro atoms. The smallest absolute Gasteiger partial charge is 0.345 e. The standard InChI is InChI=1S/C23H15ClO4/c1-14-11-16(27-23(26)17-9-5-6-10-18(17)24)13-19-21(14)22(25)20(28-19)12-15-7-3-2-4-8-15/h2-13H,1H3/b20-12-. The second-order valence-corrected chi connectivity index (χ2v) is 6.74. The van der Waals surface area contributed by atoms with E-state index in [1.165, 1.54) is 0 Å². The van der Waals surface area contributed by atoms with Gasteiger partial charge in [0.25, 0.3) is 0 Å². The fourth-order valence-electron chi connectivity index (χ4n) is 3.03. The van der Waals surface area contributed by atoms with Gasteiger partial charge in [-0.1, -0.05) is 54.1 Å². The molecule has 1 aliphatic rings. The molecule has 138 valence electrons. The number of allylic oxidation sites excluding steroid dienone is 1. The van der Waals surface area contributed by atoms with Crippen molar-refractivity contribution in [2.45, 2.75) is 6.92 Å². The van der Waals surface area contributed by atoms with Gasteiger partial charge in [-0.05, 0) is 42.3 Å². The molecule has 0 atom stereocenters. The van der Waals surface area contributed by atoms with E-state index in [0.29, 0.717) is 21.9 Å². The van der Waals surface area contributed by atoms with E-state index in [1.54, 1.807) is 49.4 Å². The van der Waals surface area contributed by atoms with Crippen LogP contribution in [0.3, 0.4) is 0 Å². The molecule has 1 heterocycles. The third-order valence-corrected chi connectivity index (χ3v) is 4.67. The van der Waals surface area contributed by atoms with Crippen molar-refractivity contribution in [3.63, 3.8) is 0 Å². The maximum Gasteiger partial charge on any atom is 0.345 e. The number of hydrogen-bond acceptors (Lipinski definition) is 4. The average Bonchev–Trinajstić information content (AvgIpc) is 2.98. The van der Waals surface area contributed by atoms with Gasteiger partial charge in [-0.2, -0.15) is 0 Å². The molecule has 4 nitrogen and oxygen atoms in total. The minimum atomic E-state index is -0.575. The minimum Gasteiger partial charge on any atom is -0.452 e.